The van der Waals surface area contributed by atoms with E-state index in [-0.39, 0.29) is 23.8 Å². The number of morpholine rings is 1. The first-order valence-electron chi connectivity index (χ1n) is 11.0. The van der Waals surface area contributed by atoms with Crippen molar-refractivity contribution in [1.82, 2.24) is 20.2 Å². The van der Waals surface area contributed by atoms with Gasteiger partial charge in [0.05, 0.1) is 24.8 Å². The second-order valence-electron chi connectivity index (χ2n) is 8.70. The first-order chi connectivity index (χ1) is 15.4. The van der Waals surface area contributed by atoms with Crippen LogP contribution in [0, 0.1) is 17.6 Å². The Morgan fingerprint density at radius 1 is 1.19 bits per heavy atom. The van der Waals surface area contributed by atoms with Crippen molar-refractivity contribution in [2.24, 2.45) is 5.92 Å². The molecule has 1 N–H and O–H groups in total. The third-order valence-electron chi connectivity index (χ3n) is 5.89. The van der Waals surface area contributed by atoms with Gasteiger partial charge in [-0.25, -0.2) is 18.7 Å². The fourth-order valence-corrected chi connectivity index (χ4v) is 4.35. The van der Waals surface area contributed by atoms with Crippen LogP contribution in [0.4, 0.5) is 14.7 Å². The predicted molar refractivity (Wildman–Crippen MR) is 116 cm³/mol. The number of halogens is 2. The van der Waals surface area contributed by atoms with E-state index in [0.29, 0.717) is 44.4 Å². The number of nitrogens with one attached hydrogen (secondary N) is 1. The van der Waals surface area contributed by atoms with Gasteiger partial charge in [0, 0.05) is 50.9 Å². The van der Waals surface area contributed by atoms with Crippen LogP contribution < -0.4 is 10.2 Å². The number of hydrogen-bond donors (Lipinski definition) is 1. The van der Waals surface area contributed by atoms with Crippen LogP contribution in [0.25, 0.3) is 0 Å². The van der Waals surface area contributed by atoms with E-state index in [1.165, 1.54) is 6.07 Å². The molecule has 2 aliphatic rings. The number of hydrogen-bond acceptors (Lipinski definition) is 6. The number of anilines is 1. The molecular formula is C23H29F2N5O2. The Morgan fingerprint density at radius 3 is 2.69 bits per heavy atom. The van der Waals surface area contributed by atoms with Crippen LogP contribution in [0.1, 0.15) is 31.0 Å². The Labute approximate surface area is 186 Å². The number of nitrogens with zero attached hydrogens (tertiary/aromatic N) is 4. The highest BCUT2D eigenvalue weighted by Gasteiger charge is 2.39. The molecule has 2 aliphatic heterocycles. The maximum absolute atomic E-state index is 13.7. The third kappa shape index (κ3) is 5.21. The summed E-state index contributed by atoms with van der Waals surface area (Å²) >= 11 is 0. The second-order valence-corrected chi connectivity index (χ2v) is 8.70. The van der Waals surface area contributed by atoms with Crippen molar-refractivity contribution in [3.63, 3.8) is 0 Å². The molecule has 0 bridgehead atoms. The van der Waals surface area contributed by atoms with Gasteiger partial charge >= 0.3 is 0 Å². The summed E-state index contributed by atoms with van der Waals surface area (Å²) in [5, 5.41) is 3.02. The topological polar surface area (TPSA) is 70.6 Å². The fourth-order valence-electron chi connectivity index (χ4n) is 4.35. The second kappa shape index (κ2) is 9.87. The van der Waals surface area contributed by atoms with Crippen LogP contribution in [-0.2, 0) is 16.1 Å². The van der Waals surface area contributed by atoms with Crippen LogP contribution in [0.3, 0.4) is 0 Å². The lowest BCUT2D eigenvalue weighted by molar-refractivity contribution is -0.125. The van der Waals surface area contributed by atoms with E-state index in [1.807, 2.05) is 19.9 Å². The Bertz CT molecular complexity index is 952. The van der Waals surface area contributed by atoms with Gasteiger partial charge in [-0.15, -0.1) is 0 Å². The molecule has 1 amide bonds. The van der Waals surface area contributed by atoms with Crippen LogP contribution >= 0.6 is 0 Å². The minimum Gasteiger partial charge on any atom is -0.378 e. The fraction of sp³-hybridized carbons (Fsp3) is 0.522. The van der Waals surface area contributed by atoms with Gasteiger partial charge in [0.1, 0.15) is 0 Å². The Kier molecular flexibility index (Phi) is 6.95. The van der Waals surface area contributed by atoms with Crippen LogP contribution in [0.2, 0.25) is 0 Å². The molecule has 32 heavy (non-hydrogen) atoms. The molecule has 4 rings (SSSR count). The molecule has 3 heterocycles. The number of rotatable bonds is 6. The number of carbonyl (C=O) groups excluding carboxylic acids is 1. The van der Waals surface area contributed by atoms with Gasteiger partial charge in [0.2, 0.25) is 11.9 Å². The zero-order chi connectivity index (χ0) is 22.7. The van der Waals surface area contributed by atoms with Gasteiger partial charge in [-0.2, -0.15) is 0 Å². The highest BCUT2D eigenvalue weighted by Crippen LogP contribution is 2.33. The summed E-state index contributed by atoms with van der Waals surface area (Å²) in [4.78, 5) is 26.4. The van der Waals surface area contributed by atoms with Gasteiger partial charge in [-0.3, -0.25) is 9.69 Å². The normalized spacial score (nSPS) is 21.8. The first kappa shape index (κ1) is 22.5. The molecule has 2 saturated heterocycles. The number of carbonyl (C=O) groups is 1. The molecule has 2 fully saturated rings. The van der Waals surface area contributed by atoms with Crippen molar-refractivity contribution in [3.05, 3.63) is 53.4 Å². The predicted octanol–water partition coefficient (Wildman–Crippen LogP) is 2.33. The van der Waals surface area contributed by atoms with Gasteiger partial charge < -0.3 is 15.0 Å². The molecule has 0 saturated carbocycles. The lowest BCUT2D eigenvalue weighted by Crippen LogP contribution is -2.39. The van der Waals surface area contributed by atoms with Crippen LogP contribution in [0.5, 0.6) is 0 Å². The Hall–Kier alpha value is -2.65. The van der Waals surface area contributed by atoms with E-state index >= 15 is 0 Å². The van der Waals surface area contributed by atoms with E-state index in [1.54, 1.807) is 12.3 Å². The summed E-state index contributed by atoms with van der Waals surface area (Å²) in [6.45, 7) is 8.14. The van der Waals surface area contributed by atoms with Gasteiger partial charge in [-0.1, -0.05) is 6.07 Å². The van der Waals surface area contributed by atoms with E-state index < -0.39 is 11.6 Å². The molecule has 2 aromatic rings. The Morgan fingerprint density at radius 2 is 1.97 bits per heavy atom. The lowest BCUT2D eigenvalue weighted by atomic mass is 9.91. The summed E-state index contributed by atoms with van der Waals surface area (Å²) in [6.07, 6.45) is 1.74. The van der Waals surface area contributed by atoms with Crippen LogP contribution in [-0.4, -0.2) is 66.2 Å². The van der Waals surface area contributed by atoms with Crippen molar-refractivity contribution in [1.29, 1.82) is 0 Å². The summed E-state index contributed by atoms with van der Waals surface area (Å²) in [5.74, 6) is -1.52. The standard InChI is InChI=1S/C23H29F2N5O2/c1-15(2)27-22(31)18-14-29(12-16-3-4-19(24)20(25)11-16)13-17(18)21-5-6-26-23(28-21)30-7-9-32-10-8-30/h3-6,11,15,17-18H,7-10,12-14H2,1-2H3,(H,27,31)/t17-,18-/m0/s1. The van der Waals surface area contributed by atoms with E-state index in [9.17, 15) is 13.6 Å². The molecule has 172 valence electrons. The maximum Gasteiger partial charge on any atom is 0.225 e. The van der Waals surface area contributed by atoms with Crippen molar-refractivity contribution in [2.45, 2.75) is 32.4 Å². The summed E-state index contributed by atoms with van der Waals surface area (Å²) in [5.41, 5.74) is 1.49. The highest BCUT2D eigenvalue weighted by atomic mass is 19.2. The molecule has 9 heteroatoms. The summed E-state index contributed by atoms with van der Waals surface area (Å²) in [6, 6.07) is 5.83. The number of ether oxygens (including phenoxy) is 1. The molecule has 1 aromatic carbocycles. The average molecular weight is 446 g/mol. The minimum atomic E-state index is -0.863. The molecule has 7 nitrogen and oxygen atoms in total. The van der Waals surface area contributed by atoms with Crippen molar-refractivity contribution in [2.75, 3.05) is 44.3 Å². The van der Waals surface area contributed by atoms with Crippen LogP contribution in [0.15, 0.2) is 30.5 Å². The number of aromatic nitrogens is 2. The van der Waals surface area contributed by atoms with Gasteiger partial charge in [0.15, 0.2) is 11.6 Å². The largest absolute Gasteiger partial charge is 0.378 e. The molecule has 0 unspecified atom stereocenters. The highest BCUT2D eigenvalue weighted by molar-refractivity contribution is 5.80. The van der Waals surface area contributed by atoms with Gasteiger partial charge in [-0.05, 0) is 37.6 Å². The molecule has 1 aromatic heterocycles. The minimum absolute atomic E-state index is 0.0238. The Balaban J connectivity index is 1.56. The average Bonchev–Trinajstić information content (AvgIpc) is 3.21. The molecule has 0 radical (unpaired) electrons. The SMILES string of the molecule is CC(C)NC(=O)[C@H]1CN(Cc2ccc(F)c(F)c2)C[C@@H]1c1ccnc(N2CCOCC2)n1. The molecule has 2 atom stereocenters. The zero-order valence-electron chi connectivity index (χ0n) is 18.4. The summed E-state index contributed by atoms with van der Waals surface area (Å²) in [7, 11) is 0. The van der Waals surface area contributed by atoms with Gasteiger partial charge in [0.25, 0.3) is 0 Å². The third-order valence-corrected chi connectivity index (χ3v) is 5.89. The number of likely N-dealkylation sites (tertiary alicyclic amines) is 1. The molecular weight excluding hydrogens is 416 g/mol. The summed E-state index contributed by atoms with van der Waals surface area (Å²) < 4.78 is 32.4. The van der Waals surface area contributed by atoms with Crippen molar-refractivity contribution >= 4 is 11.9 Å². The van der Waals surface area contributed by atoms with E-state index in [4.69, 9.17) is 9.72 Å². The van der Waals surface area contributed by atoms with E-state index in [2.05, 4.69) is 20.1 Å². The molecule has 0 spiro atoms. The first-order valence-corrected chi connectivity index (χ1v) is 11.0. The quantitative estimate of drug-likeness (QED) is 0.736. The smallest absolute Gasteiger partial charge is 0.225 e. The number of amides is 1. The maximum atomic E-state index is 13.7. The molecule has 0 aliphatic carbocycles. The van der Waals surface area contributed by atoms with Crippen molar-refractivity contribution in [3.8, 4) is 0 Å². The monoisotopic (exact) mass is 445 g/mol. The number of benzene rings is 1. The lowest BCUT2D eigenvalue weighted by Gasteiger charge is -2.27. The van der Waals surface area contributed by atoms with Crippen molar-refractivity contribution < 1.29 is 18.3 Å². The van der Waals surface area contributed by atoms with E-state index in [0.717, 1.165) is 24.8 Å². The zero-order valence-corrected chi connectivity index (χ0v) is 18.4.